The average molecular weight is 660 g/mol. The number of hydrogen-bond acceptors (Lipinski definition) is 1. The van der Waals surface area contributed by atoms with Crippen molar-refractivity contribution in [3.8, 4) is 55.8 Å². The fraction of sp³-hybridized carbons (Fsp3) is 0. The lowest BCUT2D eigenvalue weighted by Gasteiger charge is -2.19. The summed E-state index contributed by atoms with van der Waals surface area (Å²) in [5, 5.41) is 8.57. The van der Waals surface area contributed by atoms with Gasteiger partial charge in [0.05, 0.1) is 11.2 Å². The van der Waals surface area contributed by atoms with Crippen molar-refractivity contribution >= 4 is 43.2 Å². The lowest BCUT2D eigenvalue weighted by molar-refractivity contribution is 1.40. The van der Waals surface area contributed by atoms with Crippen LogP contribution in [0.2, 0.25) is 0 Å². The van der Waals surface area contributed by atoms with Gasteiger partial charge in [-0.1, -0.05) is 182 Å². The molecule has 10 rings (SSSR count). The van der Waals surface area contributed by atoms with Crippen LogP contribution in [0, 0.1) is 0 Å². The number of pyridine rings is 1. The molecule has 1 heteroatoms. The van der Waals surface area contributed by atoms with Crippen molar-refractivity contribution < 1.29 is 0 Å². The molecule has 0 saturated heterocycles. The zero-order valence-corrected chi connectivity index (χ0v) is 28.5. The van der Waals surface area contributed by atoms with Gasteiger partial charge in [-0.05, 0) is 95.0 Å². The van der Waals surface area contributed by atoms with Crippen LogP contribution in [0.3, 0.4) is 0 Å². The van der Waals surface area contributed by atoms with E-state index in [4.69, 9.17) is 4.98 Å². The van der Waals surface area contributed by atoms with E-state index in [-0.39, 0.29) is 0 Å². The van der Waals surface area contributed by atoms with Gasteiger partial charge in [0, 0.05) is 10.9 Å². The molecule has 242 valence electrons. The Morgan fingerprint density at radius 3 is 1.33 bits per heavy atom. The van der Waals surface area contributed by atoms with Crippen LogP contribution < -0.4 is 0 Å². The third-order valence-corrected chi connectivity index (χ3v) is 10.4. The molecule has 1 heterocycles. The van der Waals surface area contributed by atoms with E-state index in [0.717, 1.165) is 16.8 Å². The first-order chi connectivity index (χ1) is 25.8. The summed E-state index contributed by atoms with van der Waals surface area (Å²) < 4.78 is 0. The van der Waals surface area contributed by atoms with Crippen molar-refractivity contribution in [3.05, 3.63) is 200 Å². The molecule has 0 amide bonds. The minimum Gasteiger partial charge on any atom is -0.248 e. The molecule has 1 aromatic heterocycles. The van der Waals surface area contributed by atoms with E-state index < -0.39 is 0 Å². The van der Waals surface area contributed by atoms with Gasteiger partial charge in [0.15, 0.2) is 0 Å². The third-order valence-electron chi connectivity index (χ3n) is 10.4. The van der Waals surface area contributed by atoms with Crippen molar-refractivity contribution in [2.75, 3.05) is 0 Å². The lowest BCUT2D eigenvalue weighted by atomic mass is 9.85. The van der Waals surface area contributed by atoms with Crippen molar-refractivity contribution in [1.29, 1.82) is 0 Å². The molecular formula is C51H33N. The quantitative estimate of drug-likeness (QED) is 0.132. The number of nitrogens with zero attached hydrogens (tertiary/aromatic N) is 1. The molecule has 1 nitrogen and oxygen atoms in total. The minimum absolute atomic E-state index is 0.979. The Bertz CT molecular complexity index is 2850. The van der Waals surface area contributed by atoms with E-state index in [0.29, 0.717) is 0 Å². The summed E-state index contributed by atoms with van der Waals surface area (Å²) in [5.41, 5.74) is 12.8. The van der Waals surface area contributed by atoms with E-state index in [1.165, 1.54) is 82.2 Å². The van der Waals surface area contributed by atoms with Gasteiger partial charge in [-0.15, -0.1) is 0 Å². The molecule has 0 aliphatic rings. The van der Waals surface area contributed by atoms with Gasteiger partial charge >= 0.3 is 0 Å². The largest absolute Gasteiger partial charge is 0.248 e. The maximum atomic E-state index is 5.25. The Morgan fingerprint density at radius 2 is 0.731 bits per heavy atom. The second-order valence-electron chi connectivity index (χ2n) is 13.5. The van der Waals surface area contributed by atoms with Gasteiger partial charge in [0.2, 0.25) is 0 Å². The molecule has 0 aliphatic carbocycles. The maximum Gasteiger partial charge on any atom is 0.0722 e. The highest BCUT2D eigenvalue weighted by atomic mass is 14.7. The van der Waals surface area contributed by atoms with Gasteiger partial charge in [0.1, 0.15) is 0 Å². The average Bonchev–Trinajstić information content (AvgIpc) is 3.23. The zero-order chi connectivity index (χ0) is 34.4. The molecule has 0 saturated carbocycles. The summed E-state index contributed by atoms with van der Waals surface area (Å²) in [4.78, 5) is 5.25. The van der Waals surface area contributed by atoms with Gasteiger partial charge in [-0.2, -0.15) is 0 Å². The number of rotatable bonds is 5. The van der Waals surface area contributed by atoms with E-state index in [2.05, 4.69) is 200 Å². The summed E-state index contributed by atoms with van der Waals surface area (Å²) in [6, 6.07) is 72.3. The van der Waals surface area contributed by atoms with Crippen LogP contribution in [0.15, 0.2) is 200 Å². The topological polar surface area (TPSA) is 12.9 Å². The molecule has 0 bridgehead atoms. The van der Waals surface area contributed by atoms with Crippen LogP contribution in [0.25, 0.3) is 99.0 Å². The predicted octanol–water partition coefficient (Wildman–Crippen LogP) is 14.0. The molecule has 0 radical (unpaired) electrons. The minimum atomic E-state index is 0.979. The fourth-order valence-corrected chi connectivity index (χ4v) is 8.02. The van der Waals surface area contributed by atoms with Gasteiger partial charge in [0.25, 0.3) is 0 Å². The van der Waals surface area contributed by atoms with Crippen molar-refractivity contribution in [1.82, 2.24) is 4.98 Å². The molecule has 0 fully saturated rings. The maximum absolute atomic E-state index is 5.25. The number of hydrogen-bond donors (Lipinski definition) is 0. The SMILES string of the molecule is c1ccc(-c2ccc(-c3c4ccccc4c(-c4ccc5ccc6nc(-c7ccccc7)cc(-c7ccccc7)c6c5c4)c4ccccc34)cc2)cc1. The molecule has 0 atom stereocenters. The third kappa shape index (κ3) is 5.06. The second kappa shape index (κ2) is 12.5. The number of fused-ring (bicyclic) bond motifs is 5. The van der Waals surface area contributed by atoms with E-state index in [1.807, 2.05) is 0 Å². The molecule has 0 unspecified atom stereocenters. The Labute approximate surface area is 303 Å². The van der Waals surface area contributed by atoms with Crippen molar-refractivity contribution in [3.63, 3.8) is 0 Å². The number of benzene rings is 9. The highest BCUT2D eigenvalue weighted by Crippen LogP contribution is 2.45. The summed E-state index contributed by atoms with van der Waals surface area (Å²) in [5.74, 6) is 0. The lowest BCUT2D eigenvalue weighted by Crippen LogP contribution is -1.93. The monoisotopic (exact) mass is 659 g/mol. The molecule has 0 spiro atoms. The smallest absolute Gasteiger partial charge is 0.0722 e. The Hall–Kier alpha value is -6.83. The fourth-order valence-electron chi connectivity index (χ4n) is 8.02. The van der Waals surface area contributed by atoms with Gasteiger partial charge in [-0.25, -0.2) is 4.98 Å². The van der Waals surface area contributed by atoms with Crippen LogP contribution >= 0.6 is 0 Å². The van der Waals surface area contributed by atoms with Crippen molar-refractivity contribution in [2.45, 2.75) is 0 Å². The number of aromatic nitrogens is 1. The van der Waals surface area contributed by atoms with Crippen LogP contribution in [-0.2, 0) is 0 Å². The Kier molecular flexibility index (Phi) is 7.22. The summed E-state index contributed by atoms with van der Waals surface area (Å²) in [7, 11) is 0. The highest BCUT2D eigenvalue weighted by Gasteiger charge is 2.18. The molecule has 52 heavy (non-hydrogen) atoms. The van der Waals surface area contributed by atoms with E-state index >= 15 is 0 Å². The zero-order valence-electron chi connectivity index (χ0n) is 28.5. The summed E-state index contributed by atoms with van der Waals surface area (Å²) >= 11 is 0. The van der Waals surface area contributed by atoms with Gasteiger partial charge < -0.3 is 0 Å². The van der Waals surface area contributed by atoms with Gasteiger partial charge in [-0.3, -0.25) is 0 Å². The van der Waals surface area contributed by atoms with Crippen LogP contribution in [0.5, 0.6) is 0 Å². The van der Waals surface area contributed by atoms with Crippen LogP contribution in [-0.4, -0.2) is 4.98 Å². The normalized spacial score (nSPS) is 11.5. The van der Waals surface area contributed by atoms with E-state index in [9.17, 15) is 0 Å². The first-order valence-electron chi connectivity index (χ1n) is 17.9. The molecule has 0 aliphatic heterocycles. The second-order valence-corrected chi connectivity index (χ2v) is 13.5. The molecular weight excluding hydrogens is 627 g/mol. The standard InChI is InChI=1S/C51H33N/c1-4-14-34(15-5-1)35-24-27-39(28-25-35)49-41-20-10-12-22-43(41)50(44-23-13-11-21-42(44)49)40-29-26-37-30-31-47-51(45(37)32-40)46(36-16-6-2-7-17-36)33-48(52-47)38-18-8-3-9-19-38/h1-33H. The van der Waals surface area contributed by atoms with Crippen LogP contribution in [0.1, 0.15) is 0 Å². The first kappa shape index (κ1) is 30.0. The summed E-state index contributed by atoms with van der Waals surface area (Å²) in [6.45, 7) is 0. The van der Waals surface area contributed by atoms with Crippen molar-refractivity contribution in [2.24, 2.45) is 0 Å². The molecule has 9 aromatic carbocycles. The molecule has 0 N–H and O–H groups in total. The summed E-state index contributed by atoms with van der Waals surface area (Å²) in [6.07, 6.45) is 0. The predicted molar refractivity (Wildman–Crippen MR) is 221 cm³/mol. The van der Waals surface area contributed by atoms with Crippen LogP contribution in [0.4, 0.5) is 0 Å². The first-order valence-corrected chi connectivity index (χ1v) is 17.9. The molecule has 10 aromatic rings. The van der Waals surface area contributed by atoms with E-state index in [1.54, 1.807) is 0 Å². The highest BCUT2D eigenvalue weighted by molar-refractivity contribution is 6.23. The Morgan fingerprint density at radius 1 is 0.288 bits per heavy atom. The Balaban J connectivity index is 1.22.